The van der Waals surface area contributed by atoms with Gasteiger partial charge in [-0.15, -0.1) is 0 Å². The van der Waals surface area contributed by atoms with Gasteiger partial charge in [0.25, 0.3) is 0 Å². The van der Waals surface area contributed by atoms with E-state index in [0.29, 0.717) is 15.6 Å². The van der Waals surface area contributed by atoms with E-state index in [9.17, 15) is 4.79 Å². The zero-order valence-corrected chi connectivity index (χ0v) is 16.2. The van der Waals surface area contributed by atoms with E-state index in [0.717, 1.165) is 36.5 Å². The van der Waals surface area contributed by atoms with Crippen LogP contribution in [-0.4, -0.2) is 30.9 Å². The molecular weight excluding hydrogens is 369 g/mol. The lowest BCUT2D eigenvalue weighted by Gasteiger charge is -2.17. The van der Waals surface area contributed by atoms with Crippen LogP contribution in [0.5, 0.6) is 5.75 Å². The predicted octanol–water partition coefficient (Wildman–Crippen LogP) is 5.49. The van der Waals surface area contributed by atoms with Crippen molar-refractivity contribution >= 4 is 35.1 Å². The van der Waals surface area contributed by atoms with Gasteiger partial charge in [0.05, 0.1) is 17.2 Å². The lowest BCUT2D eigenvalue weighted by atomic mass is 10.1. The topological polar surface area (TPSA) is 29.5 Å². The Balaban J connectivity index is 1.76. The van der Waals surface area contributed by atoms with Gasteiger partial charge in [0.2, 0.25) is 0 Å². The van der Waals surface area contributed by atoms with Crippen molar-refractivity contribution in [3.8, 4) is 5.75 Å². The van der Waals surface area contributed by atoms with Crippen LogP contribution in [0.15, 0.2) is 42.5 Å². The molecule has 1 heterocycles. The van der Waals surface area contributed by atoms with Crippen molar-refractivity contribution in [1.29, 1.82) is 0 Å². The smallest absolute Gasteiger partial charge is 0.185 e. The van der Waals surface area contributed by atoms with Crippen molar-refractivity contribution in [3.05, 3.63) is 69.2 Å². The van der Waals surface area contributed by atoms with Gasteiger partial charge in [-0.2, -0.15) is 0 Å². The molecule has 1 aliphatic rings. The summed E-state index contributed by atoms with van der Waals surface area (Å²) in [4.78, 5) is 14.8. The summed E-state index contributed by atoms with van der Waals surface area (Å²) in [5, 5.41) is 0.817. The minimum atomic E-state index is -0.111. The van der Waals surface area contributed by atoms with Crippen molar-refractivity contribution < 1.29 is 9.53 Å². The zero-order chi connectivity index (χ0) is 18.5. The standard InChI is InChI=1S/C21H21Cl2NO2/c1-26-21-9-5-15(12-17(21)14-24-10-2-3-11-24)4-8-20(25)16-6-7-18(22)19(23)13-16/h4-9,12-13H,2-3,10-11,14H2,1H3/b8-4+. The van der Waals surface area contributed by atoms with Crippen LogP contribution in [0.4, 0.5) is 0 Å². The summed E-state index contributed by atoms with van der Waals surface area (Å²) >= 11 is 11.9. The van der Waals surface area contributed by atoms with Gasteiger partial charge in [-0.1, -0.05) is 35.3 Å². The average molecular weight is 390 g/mol. The second-order valence-corrected chi connectivity index (χ2v) is 7.20. The molecule has 0 N–H and O–H groups in total. The number of ketones is 1. The van der Waals surface area contributed by atoms with Crippen molar-refractivity contribution in [2.24, 2.45) is 0 Å². The first-order chi connectivity index (χ1) is 12.6. The Kier molecular flexibility index (Phi) is 6.36. The Morgan fingerprint density at radius 1 is 1.12 bits per heavy atom. The molecule has 2 aromatic carbocycles. The predicted molar refractivity (Wildman–Crippen MR) is 107 cm³/mol. The van der Waals surface area contributed by atoms with E-state index in [1.165, 1.54) is 12.8 Å². The van der Waals surface area contributed by atoms with Crippen LogP contribution >= 0.6 is 23.2 Å². The number of benzene rings is 2. The molecule has 0 spiro atoms. The molecule has 0 aliphatic carbocycles. The molecule has 0 aromatic heterocycles. The van der Waals surface area contributed by atoms with E-state index >= 15 is 0 Å². The highest BCUT2D eigenvalue weighted by atomic mass is 35.5. The van der Waals surface area contributed by atoms with Gasteiger partial charge < -0.3 is 4.74 Å². The first kappa shape index (κ1) is 19.0. The normalized spacial score (nSPS) is 14.9. The number of carbonyl (C=O) groups is 1. The van der Waals surface area contributed by atoms with Crippen LogP contribution in [-0.2, 0) is 6.54 Å². The van der Waals surface area contributed by atoms with E-state index in [-0.39, 0.29) is 5.78 Å². The summed E-state index contributed by atoms with van der Waals surface area (Å²) in [5.41, 5.74) is 2.62. The molecule has 0 amide bonds. The number of hydrogen-bond acceptors (Lipinski definition) is 3. The van der Waals surface area contributed by atoms with Crippen molar-refractivity contribution in [2.45, 2.75) is 19.4 Å². The Labute approximate surface area is 164 Å². The van der Waals surface area contributed by atoms with Crippen LogP contribution in [0.1, 0.15) is 34.3 Å². The molecule has 1 aliphatic heterocycles. The largest absolute Gasteiger partial charge is 0.496 e. The second-order valence-electron chi connectivity index (χ2n) is 6.38. The molecule has 5 heteroatoms. The lowest BCUT2D eigenvalue weighted by molar-refractivity contribution is 0.104. The van der Waals surface area contributed by atoms with Gasteiger partial charge in [-0.3, -0.25) is 9.69 Å². The number of allylic oxidation sites excluding steroid dienone is 1. The maximum Gasteiger partial charge on any atom is 0.185 e. The fourth-order valence-corrected chi connectivity index (χ4v) is 3.42. The maximum absolute atomic E-state index is 12.3. The first-order valence-corrected chi connectivity index (χ1v) is 9.39. The van der Waals surface area contributed by atoms with E-state index < -0.39 is 0 Å². The fraction of sp³-hybridized carbons (Fsp3) is 0.286. The molecule has 0 unspecified atom stereocenters. The number of rotatable bonds is 6. The van der Waals surface area contributed by atoms with Gasteiger partial charge in [0, 0.05) is 17.7 Å². The minimum absolute atomic E-state index is 0.111. The summed E-state index contributed by atoms with van der Waals surface area (Å²) < 4.78 is 5.49. The Bertz CT molecular complexity index is 827. The zero-order valence-electron chi connectivity index (χ0n) is 14.7. The minimum Gasteiger partial charge on any atom is -0.496 e. The number of hydrogen-bond donors (Lipinski definition) is 0. The molecule has 3 nitrogen and oxygen atoms in total. The summed E-state index contributed by atoms with van der Waals surface area (Å²) in [6.45, 7) is 3.11. The van der Waals surface area contributed by atoms with Gasteiger partial charge >= 0.3 is 0 Å². The fourth-order valence-electron chi connectivity index (χ4n) is 3.12. The molecule has 0 saturated carbocycles. The first-order valence-electron chi connectivity index (χ1n) is 8.63. The van der Waals surface area contributed by atoms with Crippen LogP contribution in [0.25, 0.3) is 6.08 Å². The molecule has 0 radical (unpaired) electrons. The highest BCUT2D eigenvalue weighted by Crippen LogP contribution is 2.25. The second kappa shape index (κ2) is 8.72. The maximum atomic E-state index is 12.3. The van der Waals surface area contributed by atoms with Crippen LogP contribution in [0, 0.1) is 0 Å². The van der Waals surface area contributed by atoms with Crippen molar-refractivity contribution in [2.75, 3.05) is 20.2 Å². The number of methoxy groups -OCH3 is 1. The monoisotopic (exact) mass is 389 g/mol. The van der Waals surface area contributed by atoms with E-state index in [2.05, 4.69) is 11.0 Å². The van der Waals surface area contributed by atoms with E-state index in [4.69, 9.17) is 27.9 Å². The summed E-state index contributed by atoms with van der Waals surface area (Å²) in [6.07, 6.45) is 5.87. The van der Waals surface area contributed by atoms with Gasteiger partial charge in [0.15, 0.2) is 5.78 Å². The van der Waals surface area contributed by atoms with Crippen molar-refractivity contribution in [3.63, 3.8) is 0 Å². The van der Waals surface area contributed by atoms with Crippen LogP contribution in [0.2, 0.25) is 10.0 Å². The van der Waals surface area contributed by atoms with Crippen LogP contribution in [0.3, 0.4) is 0 Å². The molecule has 2 aromatic rings. The third-order valence-electron chi connectivity index (χ3n) is 4.53. The number of nitrogens with zero attached hydrogens (tertiary/aromatic N) is 1. The molecule has 136 valence electrons. The highest BCUT2D eigenvalue weighted by molar-refractivity contribution is 6.42. The molecule has 3 rings (SSSR count). The summed E-state index contributed by atoms with van der Waals surface area (Å²) in [5.74, 6) is 0.769. The Hall–Kier alpha value is -1.81. The molecule has 1 saturated heterocycles. The highest BCUT2D eigenvalue weighted by Gasteiger charge is 2.14. The number of likely N-dealkylation sites (tertiary alicyclic amines) is 1. The number of halogens is 2. The SMILES string of the molecule is COc1ccc(/C=C/C(=O)c2ccc(Cl)c(Cl)c2)cc1CN1CCCC1. The lowest BCUT2D eigenvalue weighted by Crippen LogP contribution is -2.18. The van der Waals surface area contributed by atoms with E-state index in [1.807, 2.05) is 18.2 Å². The number of carbonyl (C=O) groups excluding carboxylic acids is 1. The third kappa shape index (κ3) is 4.67. The Morgan fingerprint density at radius 3 is 2.58 bits per heavy atom. The average Bonchev–Trinajstić information content (AvgIpc) is 3.15. The summed E-state index contributed by atoms with van der Waals surface area (Å²) in [7, 11) is 1.69. The molecule has 0 bridgehead atoms. The number of ether oxygens (including phenoxy) is 1. The van der Waals surface area contributed by atoms with E-state index in [1.54, 1.807) is 31.4 Å². The molecule has 0 atom stereocenters. The molecular formula is C21H21Cl2NO2. The van der Waals surface area contributed by atoms with Crippen molar-refractivity contribution in [1.82, 2.24) is 4.90 Å². The van der Waals surface area contributed by atoms with Crippen LogP contribution < -0.4 is 4.74 Å². The third-order valence-corrected chi connectivity index (χ3v) is 5.27. The molecule has 1 fully saturated rings. The molecule has 26 heavy (non-hydrogen) atoms. The Morgan fingerprint density at radius 2 is 1.88 bits per heavy atom. The summed E-state index contributed by atoms with van der Waals surface area (Å²) in [6, 6.07) is 10.9. The van der Waals surface area contributed by atoms with Gasteiger partial charge in [0.1, 0.15) is 5.75 Å². The van der Waals surface area contributed by atoms with Gasteiger partial charge in [-0.25, -0.2) is 0 Å². The quantitative estimate of drug-likeness (QED) is 0.482. The van der Waals surface area contributed by atoms with Gasteiger partial charge in [-0.05, 0) is 67.9 Å².